The fraction of sp³-hybridized carbons (Fsp3) is 0.538. The van der Waals surface area contributed by atoms with E-state index in [2.05, 4.69) is 4.72 Å². The predicted octanol–water partition coefficient (Wildman–Crippen LogP) is 1.16. The number of aryl methyl sites for hydroxylation is 1. The summed E-state index contributed by atoms with van der Waals surface area (Å²) < 4.78 is 27.2. The minimum Gasteiger partial charge on any atom is -0.399 e. The molecule has 0 spiro atoms. The average Bonchev–Trinajstić information content (AvgIpc) is 2.31. The summed E-state index contributed by atoms with van der Waals surface area (Å²) in [4.78, 5) is 0.205. The Kier molecular flexibility index (Phi) is 4.13. The number of sulfonamides is 1. The number of rotatable bonds is 3. The Labute approximate surface area is 113 Å². The summed E-state index contributed by atoms with van der Waals surface area (Å²) in [6.07, 6.45) is 2.32. The molecule has 1 aliphatic rings. The van der Waals surface area contributed by atoms with E-state index in [0.717, 1.165) is 5.56 Å². The van der Waals surface area contributed by atoms with E-state index >= 15 is 0 Å². The minimum absolute atomic E-state index is 0.102. The molecule has 0 aliphatic heterocycles. The van der Waals surface area contributed by atoms with Gasteiger partial charge in [0, 0.05) is 11.7 Å². The monoisotopic (exact) mass is 284 g/mol. The Bertz CT molecular complexity index is 529. The van der Waals surface area contributed by atoms with Crippen LogP contribution in [0.3, 0.4) is 0 Å². The van der Waals surface area contributed by atoms with Gasteiger partial charge in [-0.05, 0) is 56.4 Å². The molecule has 0 radical (unpaired) electrons. The van der Waals surface area contributed by atoms with Crippen LogP contribution < -0.4 is 10.5 Å². The summed E-state index contributed by atoms with van der Waals surface area (Å²) in [5.74, 6) is 0. The first-order chi connectivity index (χ1) is 8.87. The lowest BCUT2D eigenvalue weighted by molar-refractivity contribution is 0.120. The van der Waals surface area contributed by atoms with Crippen LogP contribution in [-0.4, -0.2) is 25.7 Å². The zero-order valence-corrected chi connectivity index (χ0v) is 11.8. The van der Waals surface area contributed by atoms with Crippen molar-refractivity contribution < 1.29 is 13.5 Å². The maximum Gasteiger partial charge on any atom is 0.240 e. The molecule has 4 N–H and O–H groups in total. The number of benzene rings is 1. The van der Waals surface area contributed by atoms with Crippen molar-refractivity contribution in [3.63, 3.8) is 0 Å². The number of hydrogen-bond donors (Lipinski definition) is 3. The maximum absolute atomic E-state index is 12.3. The summed E-state index contributed by atoms with van der Waals surface area (Å²) in [6, 6.07) is 4.70. The molecule has 1 saturated carbocycles. The molecule has 0 aromatic heterocycles. The molecule has 0 heterocycles. The summed E-state index contributed by atoms with van der Waals surface area (Å²) in [6.45, 7) is 1.81. The first-order valence-corrected chi connectivity index (χ1v) is 7.93. The first kappa shape index (κ1) is 14.3. The van der Waals surface area contributed by atoms with Crippen LogP contribution in [0.2, 0.25) is 0 Å². The summed E-state index contributed by atoms with van der Waals surface area (Å²) in [5, 5.41) is 9.42. The second-order valence-electron chi connectivity index (χ2n) is 5.21. The summed E-state index contributed by atoms with van der Waals surface area (Å²) in [7, 11) is -3.53. The van der Waals surface area contributed by atoms with Crippen LogP contribution in [0.1, 0.15) is 31.2 Å². The second-order valence-corrected chi connectivity index (χ2v) is 6.92. The third-order valence-corrected chi connectivity index (χ3v) is 4.90. The molecule has 2 rings (SSSR count). The quantitative estimate of drug-likeness (QED) is 0.726. The number of nitrogen functional groups attached to an aromatic ring is 1. The van der Waals surface area contributed by atoms with Gasteiger partial charge < -0.3 is 10.8 Å². The number of aliphatic hydroxyl groups is 1. The van der Waals surface area contributed by atoms with Crippen LogP contribution in [0.15, 0.2) is 23.1 Å². The molecule has 1 aromatic rings. The number of anilines is 1. The smallest absolute Gasteiger partial charge is 0.240 e. The second kappa shape index (κ2) is 5.48. The number of hydrogen-bond acceptors (Lipinski definition) is 4. The molecular weight excluding hydrogens is 264 g/mol. The lowest BCUT2D eigenvalue weighted by Crippen LogP contribution is -2.38. The SMILES string of the molecule is Cc1cc(N)cc(S(=O)(=O)NC2CCC(O)CC2)c1. The fourth-order valence-corrected chi connectivity index (χ4v) is 3.86. The van der Waals surface area contributed by atoms with Crippen molar-refractivity contribution in [3.05, 3.63) is 23.8 Å². The van der Waals surface area contributed by atoms with Gasteiger partial charge in [-0.25, -0.2) is 13.1 Å². The normalized spacial score (nSPS) is 24.3. The van der Waals surface area contributed by atoms with Gasteiger partial charge in [-0.3, -0.25) is 0 Å². The minimum atomic E-state index is -3.53. The number of nitrogens with two attached hydrogens (primary N) is 1. The third-order valence-electron chi connectivity index (χ3n) is 3.40. The Morgan fingerprint density at radius 1 is 1.21 bits per heavy atom. The van der Waals surface area contributed by atoms with Gasteiger partial charge in [-0.1, -0.05) is 0 Å². The van der Waals surface area contributed by atoms with E-state index in [1.54, 1.807) is 12.1 Å². The van der Waals surface area contributed by atoms with Crippen molar-refractivity contribution in [1.29, 1.82) is 0 Å². The Balaban J connectivity index is 2.14. The Morgan fingerprint density at radius 3 is 2.42 bits per heavy atom. The van der Waals surface area contributed by atoms with E-state index in [1.807, 2.05) is 6.92 Å². The molecule has 106 valence electrons. The molecule has 0 saturated heterocycles. The lowest BCUT2D eigenvalue weighted by atomic mass is 9.94. The zero-order valence-electron chi connectivity index (χ0n) is 11.0. The zero-order chi connectivity index (χ0) is 14.0. The molecule has 0 unspecified atom stereocenters. The van der Waals surface area contributed by atoms with Gasteiger partial charge in [-0.15, -0.1) is 0 Å². The maximum atomic E-state index is 12.3. The molecule has 1 aromatic carbocycles. The van der Waals surface area contributed by atoms with Gasteiger partial charge in [0.15, 0.2) is 0 Å². The van der Waals surface area contributed by atoms with E-state index in [1.165, 1.54) is 6.07 Å². The van der Waals surface area contributed by atoms with Crippen molar-refractivity contribution in [2.45, 2.75) is 49.6 Å². The highest BCUT2D eigenvalue weighted by Gasteiger charge is 2.25. The van der Waals surface area contributed by atoms with Crippen LogP contribution in [0.5, 0.6) is 0 Å². The number of aliphatic hydroxyl groups excluding tert-OH is 1. The topological polar surface area (TPSA) is 92.4 Å². The van der Waals surface area contributed by atoms with Crippen LogP contribution >= 0.6 is 0 Å². The fourth-order valence-electron chi connectivity index (χ4n) is 2.41. The molecule has 1 aliphatic carbocycles. The van der Waals surface area contributed by atoms with Gasteiger partial charge >= 0.3 is 0 Å². The summed E-state index contributed by atoms with van der Waals surface area (Å²) in [5.41, 5.74) is 6.95. The van der Waals surface area contributed by atoms with E-state index in [9.17, 15) is 13.5 Å². The Hall–Kier alpha value is -1.11. The van der Waals surface area contributed by atoms with Gasteiger partial charge in [0.05, 0.1) is 11.0 Å². The van der Waals surface area contributed by atoms with Gasteiger partial charge in [0.2, 0.25) is 10.0 Å². The molecule has 19 heavy (non-hydrogen) atoms. The highest BCUT2D eigenvalue weighted by Crippen LogP contribution is 2.22. The highest BCUT2D eigenvalue weighted by atomic mass is 32.2. The standard InChI is InChI=1S/C13H20N2O3S/c1-9-6-10(14)8-13(7-9)19(17,18)15-11-2-4-12(16)5-3-11/h6-8,11-12,15-16H,2-5,14H2,1H3. The molecular formula is C13H20N2O3S. The summed E-state index contributed by atoms with van der Waals surface area (Å²) >= 11 is 0. The Morgan fingerprint density at radius 2 is 1.84 bits per heavy atom. The molecule has 6 heteroatoms. The van der Waals surface area contributed by atoms with Crippen molar-refractivity contribution in [3.8, 4) is 0 Å². The largest absolute Gasteiger partial charge is 0.399 e. The van der Waals surface area contributed by atoms with Crippen LogP contribution in [0, 0.1) is 6.92 Å². The predicted molar refractivity (Wildman–Crippen MR) is 74.2 cm³/mol. The third kappa shape index (κ3) is 3.68. The van der Waals surface area contributed by atoms with Gasteiger partial charge in [0.1, 0.15) is 0 Å². The molecule has 5 nitrogen and oxygen atoms in total. The first-order valence-electron chi connectivity index (χ1n) is 6.44. The molecule has 1 fully saturated rings. The lowest BCUT2D eigenvalue weighted by Gasteiger charge is -2.26. The van der Waals surface area contributed by atoms with Crippen molar-refractivity contribution in [2.75, 3.05) is 5.73 Å². The average molecular weight is 284 g/mol. The molecule has 0 atom stereocenters. The van der Waals surface area contributed by atoms with Crippen LogP contribution in [0.25, 0.3) is 0 Å². The van der Waals surface area contributed by atoms with Gasteiger partial charge in [-0.2, -0.15) is 0 Å². The van der Waals surface area contributed by atoms with Crippen molar-refractivity contribution >= 4 is 15.7 Å². The van der Waals surface area contributed by atoms with E-state index in [4.69, 9.17) is 5.73 Å². The number of nitrogens with one attached hydrogen (secondary N) is 1. The van der Waals surface area contributed by atoms with E-state index in [0.29, 0.717) is 31.4 Å². The molecule has 0 bridgehead atoms. The van der Waals surface area contributed by atoms with Crippen molar-refractivity contribution in [1.82, 2.24) is 4.72 Å². The molecule has 0 amide bonds. The highest BCUT2D eigenvalue weighted by molar-refractivity contribution is 7.89. The van der Waals surface area contributed by atoms with E-state index in [-0.39, 0.29) is 17.0 Å². The van der Waals surface area contributed by atoms with Crippen LogP contribution in [0.4, 0.5) is 5.69 Å². The van der Waals surface area contributed by atoms with E-state index < -0.39 is 10.0 Å². The van der Waals surface area contributed by atoms with Crippen LogP contribution in [-0.2, 0) is 10.0 Å². The van der Waals surface area contributed by atoms with Gasteiger partial charge in [0.25, 0.3) is 0 Å². The van der Waals surface area contributed by atoms with Crippen molar-refractivity contribution in [2.24, 2.45) is 0 Å².